The summed E-state index contributed by atoms with van der Waals surface area (Å²) in [7, 11) is 0. The highest BCUT2D eigenvalue weighted by Gasteiger charge is 2.29. The molecule has 1 amide bonds. The number of rotatable bonds is 5. The molecule has 0 bridgehead atoms. The lowest BCUT2D eigenvalue weighted by Crippen LogP contribution is -2.51. The van der Waals surface area contributed by atoms with Crippen LogP contribution >= 0.6 is 11.8 Å². The molecule has 0 saturated heterocycles. The maximum Gasteiger partial charge on any atom is 0.237 e. The van der Waals surface area contributed by atoms with Gasteiger partial charge in [-0.2, -0.15) is 11.8 Å². The van der Waals surface area contributed by atoms with E-state index in [0.717, 1.165) is 12.8 Å². The quantitative estimate of drug-likeness (QED) is 0.789. The molecule has 0 aromatic carbocycles. The number of carbonyl (C=O) groups is 1. The van der Waals surface area contributed by atoms with Gasteiger partial charge in [-0.05, 0) is 38.9 Å². The lowest BCUT2D eigenvalue weighted by Gasteiger charge is -2.33. The van der Waals surface area contributed by atoms with E-state index in [4.69, 9.17) is 0 Å². The molecule has 3 unspecified atom stereocenters. The van der Waals surface area contributed by atoms with Crippen LogP contribution in [0.3, 0.4) is 0 Å². The number of hydrogen-bond donors (Lipinski definition) is 2. The van der Waals surface area contributed by atoms with Crippen molar-refractivity contribution in [3.63, 3.8) is 0 Å². The van der Waals surface area contributed by atoms with Crippen LogP contribution in [-0.4, -0.2) is 35.5 Å². The van der Waals surface area contributed by atoms with Gasteiger partial charge in [0.05, 0.1) is 6.04 Å². The summed E-state index contributed by atoms with van der Waals surface area (Å²) in [5.41, 5.74) is 0. The number of carbonyl (C=O) groups excluding carboxylic acids is 1. The highest BCUT2D eigenvalue weighted by Crippen LogP contribution is 2.27. The SMILES string of the molecule is CSC1CCCCC1NC(C)C(=O)NC1CC1. The highest BCUT2D eigenvalue weighted by atomic mass is 32.2. The first kappa shape index (κ1) is 13.2. The van der Waals surface area contributed by atoms with E-state index in [0.29, 0.717) is 17.3 Å². The average Bonchev–Trinajstić information content (AvgIpc) is 3.13. The molecule has 2 N–H and O–H groups in total. The van der Waals surface area contributed by atoms with Gasteiger partial charge in [0.15, 0.2) is 0 Å². The summed E-state index contributed by atoms with van der Waals surface area (Å²) in [6.45, 7) is 1.99. The van der Waals surface area contributed by atoms with Crippen LogP contribution in [0.1, 0.15) is 45.4 Å². The predicted octanol–water partition coefficient (Wildman–Crippen LogP) is 1.92. The van der Waals surface area contributed by atoms with Crippen molar-refractivity contribution in [2.75, 3.05) is 6.26 Å². The third kappa shape index (κ3) is 3.88. The van der Waals surface area contributed by atoms with Gasteiger partial charge in [0.1, 0.15) is 0 Å². The second-order valence-electron chi connectivity index (χ2n) is 5.34. The minimum Gasteiger partial charge on any atom is -0.352 e. The maximum absolute atomic E-state index is 11.9. The molecule has 2 saturated carbocycles. The first-order valence-electron chi connectivity index (χ1n) is 6.80. The molecule has 3 nitrogen and oxygen atoms in total. The van der Waals surface area contributed by atoms with Crippen LogP contribution in [-0.2, 0) is 4.79 Å². The lowest BCUT2D eigenvalue weighted by molar-refractivity contribution is -0.123. The molecule has 0 aromatic rings. The molecule has 0 radical (unpaired) electrons. The second-order valence-corrected chi connectivity index (χ2v) is 6.41. The summed E-state index contributed by atoms with van der Waals surface area (Å²) in [4.78, 5) is 11.9. The summed E-state index contributed by atoms with van der Waals surface area (Å²) in [5, 5.41) is 7.27. The Morgan fingerprint density at radius 2 is 1.94 bits per heavy atom. The molecule has 2 rings (SSSR count). The van der Waals surface area contributed by atoms with Gasteiger partial charge in [-0.15, -0.1) is 0 Å². The Hall–Kier alpha value is -0.220. The molecule has 0 spiro atoms. The van der Waals surface area contributed by atoms with Gasteiger partial charge >= 0.3 is 0 Å². The number of amides is 1. The number of hydrogen-bond acceptors (Lipinski definition) is 3. The molecule has 3 atom stereocenters. The Balaban J connectivity index is 1.78. The molecule has 2 fully saturated rings. The predicted molar refractivity (Wildman–Crippen MR) is 73.3 cm³/mol. The van der Waals surface area contributed by atoms with Crippen LogP contribution in [0.25, 0.3) is 0 Å². The molecule has 0 aliphatic heterocycles. The van der Waals surface area contributed by atoms with E-state index in [-0.39, 0.29) is 11.9 Å². The second kappa shape index (κ2) is 6.10. The lowest BCUT2D eigenvalue weighted by atomic mass is 9.94. The van der Waals surface area contributed by atoms with Gasteiger partial charge in [-0.25, -0.2) is 0 Å². The topological polar surface area (TPSA) is 41.1 Å². The van der Waals surface area contributed by atoms with Crippen LogP contribution in [0.4, 0.5) is 0 Å². The Bertz CT molecular complexity index is 268. The fourth-order valence-electron chi connectivity index (χ4n) is 2.52. The molecule has 2 aliphatic rings. The van der Waals surface area contributed by atoms with Crippen LogP contribution in [0, 0.1) is 0 Å². The average molecular weight is 256 g/mol. The highest BCUT2D eigenvalue weighted by molar-refractivity contribution is 7.99. The maximum atomic E-state index is 11.9. The first-order chi connectivity index (χ1) is 8.20. The summed E-state index contributed by atoms with van der Waals surface area (Å²) < 4.78 is 0. The molecular formula is C13H24N2OS. The van der Waals surface area contributed by atoms with E-state index in [2.05, 4.69) is 16.9 Å². The third-order valence-corrected chi connectivity index (χ3v) is 4.96. The zero-order valence-corrected chi connectivity index (χ0v) is 11.7. The molecule has 2 aliphatic carbocycles. The minimum atomic E-state index is -0.0478. The van der Waals surface area contributed by atoms with Crippen molar-refractivity contribution in [2.45, 2.75) is 68.8 Å². The van der Waals surface area contributed by atoms with Crippen molar-refractivity contribution in [3.05, 3.63) is 0 Å². The van der Waals surface area contributed by atoms with E-state index in [9.17, 15) is 4.79 Å². The van der Waals surface area contributed by atoms with Crippen molar-refractivity contribution in [1.82, 2.24) is 10.6 Å². The van der Waals surface area contributed by atoms with E-state index >= 15 is 0 Å². The zero-order chi connectivity index (χ0) is 12.3. The fraction of sp³-hybridized carbons (Fsp3) is 0.923. The smallest absolute Gasteiger partial charge is 0.237 e. The normalized spacial score (nSPS) is 30.9. The minimum absolute atomic E-state index is 0.0478. The van der Waals surface area contributed by atoms with E-state index in [1.165, 1.54) is 25.7 Å². The van der Waals surface area contributed by atoms with Gasteiger partial charge in [0.25, 0.3) is 0 Å². The Kier molecular flexibility index (Phi) is 4.74. The summed E-state index contributed by atoms with van der Waals surface area (Å²) in [6, 6.07) is 0.932. The zero-order valence-electron chi connectivity index (χ0n) is 10.9. The largest absolute Gasteiger partial charge is 0.352 e. The van der Waals surface area contributed by atoms with Crippen LogP contribution in [0.5, 0.6) is 0 Å². The molecule has 0 heterocycles. The number of thioether (sulfide) groups is 1. The third-order valence-electron chi connectivity index (χ3n) is 3.79. The molecule has 0 aromatic heterocycles. The van der Waals surface area contributed by atoms with Crippen LogP contribution in [0.2, 0.25) is 0 Å². The molecule has 4 heteroatoms. The van der Waals surface area contributed by atoms with E-state index in [1.807, 2.05) is 18.7 Å². The van der Waals surface area contributed by atoms with Crippen molar-refractivity contribution in [1.29, 1.82) is 0 Å². The van der Waals surface area contributed by atoms with Gasteiger partial charge in [-0.1, -0.05) is 12.8 Å². The standard InChI is InChI=1S/C13H24N2OS/c1-9(13(16)15-10-7-8-10)14-11-5-3-4-6-12(11)17-2/h9-12,14H,3-8H2,1-2H3,(H,15,16). The molecular weight excluding hydrogens is 232 g/mol. The Morgan fingerprint density at radius 3 is 2.59 bits per heavy atom. The van der Waals surface area contributed by atoms with Gasteiger partial charge in [0.2, 0.25) is 5.91 Å². The van der Waals surface area contributed by atoms with Crippen LogP contribution in [0.15, 0.2) is 0 Å². The van der Waals surface area contributed by atoms with Gasteiger partial charge < -0.3 is 10.6 Å². The summed E-state index contributed by atoms with van der Waals surface area (Å²) >= 11 is 1.94. The van der Waals surface area contributed by atoms with Crippen LogP contribution < -0.4 is 10.6 Å². The van der Waals surface area contributed by atoms with E-state index in [1.54, 1.807) is 0 Å². The number of nitrogens with one attached hydrogen (secondary N) is 2. The van der Waals surface area contributed by atoms with Gasteiger partial charge in [-0.3, -0.25) is 4.79 Å². The monoisotopic (exact) mass is 256 g/mol. The summed E-state index contributed by atoms with van der Waals surface area (Å²) in [5.74, 6) is 0.179. The summed E-state index contributed by atoms with van der Waals surface area (Å²) in [6.07, 6.45) is 9.64. The molecule has 98 valence electrons. The van der Waals surface area contributed by atoms with Crippen molar-refractivity contribution in [3.8, 4) is 0 Å². The van der Waals surface area contributed by atoms with Gasteiger partial charge in [0, 0.05) is 17.3 Å². The van der Waals surface area contributed by atoms with Crippen molar-refractivity contribution in [2.24, 2.45) is 0 Å². The fourth-order valence-corrected chi connectivity index (χ4v) is 3.47. The molecule has 17 heavy (non-hydrogen) atoms. The first-order valence-corrected chi connectivity index (χ1v) is 8.08. The van der Waals surface area contributed by atoms with E-state index < -0.39 is 0 Å². The van der Waals surface area contributed by atoms with Crippen molar-refractivity contribution >= 4 is 17.7 Å². The Labute approximate surface area is 108 Å². The Morgan fingerprint density at radius 1 is 1.24 bits per heavy atom. The van der Waals surface area contributed by atoms with Crippen molar-refractivity contribution < 1.29 is 4.79 Å².